The summed E-state index contributed by atoms with van der Waals surface area (Å²) in [7, 11) is 1.56. The van der Waals surface area contributed by atoms with E-state index in [4.69, 9.17) is 17.3 Å². The van der Waals surface area contributed by atoms with Crippen LogP contribution in [0.25, 0.3) is 27.3 Å². The van der Waals surface area contributed by atoms with Crippen LogP contribution in [0.1, 0.15) is 5.56 Å². The fraction of sp³-hybridized carbons (Fsp3) is 0.0588. The minimum absolute atomic E-state index is 0.0500. The summed E-state index contributed by atoms with van der Waals surface area (Å²) >= 11 is 7.36. The van der Waals surface area contributed by atoms with Gasteiger partial charge in [-0.1, -0.05) is 17.7 Å². The Labute approximate surface area is 146 Å². The van der Waals surface area contributed by atoms with Gasteiger partial charge >= 0.3 is 0 Å². The number of aromatic nitrogens is 1. The summed E-state index contributed by atoms with van der Waals surface area (Å²) < 4.78 is 14.3. The lowest BCUT2D eigenvalue weighted by atomic mass is 10.0. The number of nitrogens with two attached hydrogens (primary N) is 1. The number of likely N-dealkylation sites (N-methyl/N-ethyl adjacent to an activating group) is 1. The van der Waals surface area contributed by atoms with E-state index < -0.39 is 5.82 Å². The van der Waals surface area contributed by atoms with Crippen LogP contribution < -0.4 is 11.1 Å². The number of nitrogen functional groups attached to an aromatic ring is 1. The second-order valence-electron chi connectivity index (χ2n) is 5.03. The molecule has 3 aromatic rings. The van der Waals surface area contributed by atoms with Crippen LogP contribution >= 0.6 is 22.9 Å². The van der Waals surface area contributed by atoms with Gasteiger partial charge in [-0.2, -0.15) is 0 Å². The van der Waals surface area contributed by atoms with Crippen molar-refractivity contribution in [3.8, 4) is 11.1 Å². The van der Waals surface area contributed by atoms with E-state index >= 15 is 0 Å². The van der Waals surface area contributed by atoms with Crippen molar-refractivity contribution in [1.29, 1.82) is 0 Å². The number of carbonyl (C=O) groups excluding carboxylic acids is 1. The van der Waals surface area contributed by atoms with Crippen LogP contribution in [0.15, 0.2) is 35.9 Å². The lowest BCUT2D eigenvalue weighted by Gasteiger charge is -2.05. The van der Waals surface area contributed by atoms with Crippen molar-refractivity contribution in [3.63, 3.8) is 0 Å². The quantitative estimate of drug-likeness (QED) is 0.690. The summed E-state index contributed by atoms with van der Waals surface area (Å²) in [6, 6.07) is 4.53. The number of nitrogens with zero attached hydrogens (tertiary/aromatic N) is 1. The molecule has 0 aliphatic carbocycles. The highest BCUT2D eigenvalue weighted by Crippen LogP contribution is 2.39. The summed E-state index contributed by atoms with van der Waals surface area (Å²) in [6.07, 6.45) is 4.74. The van der Waals surface area contributed by atoms with Crippen LogP contribution in [0.2, 0.25) is 5.02 Å². The number of pyridine rings is 1. The molecule has 1 aromatic carbocycles. The Kier molecular flexibility index (Phi) is 4.51. The highest BCUT2D eigenvalue weighted by atomic mass is 35.5. The minimum atomic E-state index is -0.472. The molecule has 0 saturated heterocycles. The second kappa shape index (κ2) is 6.59. The fourth-order valence-corrected chi connectivity index (χ4v) is 3.59. The van der Waals surface area contributed by atoms with Gasteiger partial charge in [0.25, 0.3) is 0 Å². The van der Waals surface area contributed by atoms with Crippen LogP contribution in [0.4, 0.5) is 10.2 Å². The van der Waals surface area contributed by atoms with Gasteiger partial charge in [0.05, 0.1) is 5.02 Å². The van der Waals surface area contributed by atoms with E-state index in [2.05, 4.69) is 10.3 Å². The minimum Gasteiger partial charge on any atom is -0.383 e. The molecule has 2 heterocycles. The summed E-state index contributed by atoms with van der Waals surface area (Å²) in [5.74, 6) is -0.305. The van der Waals surface area contributed by atoms with Crippen LogP contribution in [0.3, 0.4) is 0 Å². The Morgan fingerprint density at radius 3 is 2.96 bits per heavy atom. The number of thiophene rings is 1. The molecule has 0 bridgehead atoms. The zero-order valence-corrected chi connectivity index (χ0v) is 14.2. The van der Waals surface area contributed by atoms with Crippen LogP contribution in [0, 0.1) is 5.82 Å². The first-order chi connectivity index (χ1) is 11.5. The number of fused-ring (bicyclic) bond motifs is 1. The molecular weight excluding hydrogens is 349 g/mol. The molecule has 0 unspecified atom stereocenters. The van der Waals surface area contributed by atoms with E-state index in [-0.39, 0.29) is 10.9 Å². The third-order valence-electron chi connectivity index (χ3n) is 3.54. The number of hydrogen-bond donors (Lipinski definition) is 2. The molecule has 7 heteroatoms. The van der Waals surface area contributed by atoms with Crippen molar-refractivity contribution in [2.24, 2.45) is 0 Å². The SMILES string of the molecule is CNC(=O)C=Cc1cnc(N)c2c(-c3ccc(F)c(Cl)c3)csc12. The number of amides is 1. The van der Waals surface area contributed by atoms with E-state index in [9.17, 15) is 9.18 Å². The predicted octanol–water partition coefficient (Wildman–Crippen LogP) is 4.10. The van der Waals surface area contributed by atoms with Gasteiger partial charge in [0.15, 0.2) is 0 Å². The number of rotatable bonds is 3. The van der Waals surface area contributed by atoms with Gasteiger partial charge in [0.2, 0.25) is 5.91 Å². The molecule has 0 radical (unpaired) electrons. The maximum absolute atomic E-state index is 13.4. The fourth-order valence-electron chi connectivity index (χ4n) is 2.33. The molecule has 4 nitrogen and oxygen atoms in total. The van der Waals surface area contributed by atoms with Crippen molar-refractivity contribution in [1.82, 2.24) is 10.3 Å². The lowest BCUT2D eigenvalue weighted by Crippen LogP contribution is -2.13. The molecule has 0 aliphatic rings. The predicted molar refractivity (Wildman–Crippen MR) is 97.5 cm³/mol. The van der Waals surface area contributed by atoms with Crippen LogP contribution in [-0.4, -0.2) is 17.9 Å². The Bertz CT molecular complexity index is 968. The Morgan fingerprint density at radius 2 is 2.25 bits per heavy atom. The third kappa shape index (κ3) is 2.98. The number of nitrogens with one attached hydrogen (secondary N) is 1. The number of halogens is 2. The molecule has 0 saturated carbocycles. The highest BCUT2D eigenvalue weighted by molar-refractivity contribution is 7.18. The Hall–Kier alpha value is -2.44. The molecule has 0 aliphatic heterocycles. The van der Waals surface area contributed by atoms with Gasteiger partial charge in [0, 0.05) is 40.5 Å². The van der Waals surface area contributed by atoms with E-state index in [0.29, 0.717) is 5.82 Å². The average molecular weight is 362 g/mol. The lowest BCUT2D eigenvalue weighted by molar-refractivity contribution is -0.115. The number of anilines is 1. The zero-order chi connectivity index (χ0) is 17.3. The first kappa shape index (κ1) is 16.4. The van der Waals surface area contributed by atoms with Crippen LogP contribution in [0.5, 0.6) is 0 Å². The summed E-state index contributed by atoms with van der Waals surface area (Å²) in [5, 5.41) is 5.26. The number of benzene rings is 1. The summed E-state index contributed by atoms with van der Waals surface area (Å²) in [6.45, 7) is 0. The molecular formula is C17H13ClFN3OS. The molecule has 0 atom stereocenters. The number of hydrogen-bond acceptors (Lipinski definition) is 4. The van der Waals surface area contributed by atoms with E-state index in [1.54, 1.807) is 31.5 Å². The van der Waals surface area contributed by atoms with E-state index in [1.165, 1.54) is 23.5 Å². The van der Waals surface area contributed by atoms with E-state index in [0.717, 1.165) is 26.8 Å². The van der Waals surface area contributed by atoms with Crippen molar-refractivity contribution in [3.05, 3.63) is 52.3 Å². The van der Waals surface area contributed by atoms with Gasteiger partial charge in [0.1, 0.15) is 11.6 Å². The Morgan fingerprint density at radius 1 is 1.46 bits per heavy atom. The average Bonchev–Trinajstić information content (AvgIpc) is 3.02. The molecule has 1 amide bonds. The highest BCUT2D eigenvalue weighted by Gasteiger charge is 2.14. The summed E-state index contributed by atoms with van der Waals surface area (Å²) in [4.78, 5) is 15.6. The smallest absolute Gasteiger partial charge is 0.243 e. The molecule has 24 heavy (non-hydrogen) atoms. The molecule has 2 aromatic heterocycles. The van der Waals surface area contributed by atoms with Crippen molar-refractivity contribution >= 4 is 50.8 Å². The molecule has 0 fully saturated rings. The monoisotopic (exact) mass is 361 g/mol. The summed E-state index contributed by atoms with van der Waals surface area (Å²) in [5.41, 5.74) is 8.42. The van der Waals surface area contributed by atoms with Crippen molar-refractivity contribution in [2.45, 2.75) is 0 Å². The first-order valence-electron chi connectivity index (χ1n) is 7.02. The second-order valence-corrected chi connectivity index (χ2v) is 6.32. The van der Waals surface area contributed by atoms with Gasteiger partial charge < -0.3 is 11.1 Å². The molecule has 0 spiro atoms. The maximum atomic E-state index is 13.4. The van der Waals surface area contributed by atoms with Crippen LogP contribution in [-0.2, 0) is 4.79 Å². The topological polar surface area (TPSA) is 68.0 Å². The molecule has 122 valence electrons. The van der Waals surface area contributed by atoms with Crippen molar-refractivity contribution in [2.75, 3.05) is 12.8 Å². The van der Waals surface area contributed by atoms with E-state index in [1.807, 2.05) is 5.38 Å². The number of carbonyl (C=O) groups is 1. The largest absolute Gasteiger partial charge is 0.383 e. The normalized spacial score (nSPS) is 11.3. The molecule has 3 N–H and O–H groups in total. The van der Waals surface area contributed by atoms with Gasteiger partial charge in [-0.25, -0.2) is 9.37 Å². The van der Waals surface area contributed by atoms with Gasteiger partial charge in [-0.15, -0.1) is 11.3 Å². The standard InChI is InChI=1S/C17H13ClFN3OS/c1-21-14(23)5-3-10-7-22-17(20)15-11(8-24-16(10)15)9-2-4-13(19)12(18)6-9/h2-8H,1H3,(H2,20,22)(H,21,23). The maximum Gasteiger partial charge on any atom is 0.243 e. The van der Waals surface area contributed by atoms with Gasteiger partial charge in [-0.05, 0) is 29.2 Å². The molecule has 3 rings (SSSR count). The van der Waals surface area contributed by atoms with Crippen molar-refractivity contribution < 1.29 is 9.18 Å². The zero-order valence-electron chi connectivity index (χ0n) is 12.6. The van der Waals surface area contributed by atoms with Gasteiger partial charge in [-0.3, -0.25) is 4.79 Å². The first-order valence-corrected chi connectivity index (χ1v) is 8.28. The Balaban J connectivity index is 2.16. The third-order valence-corrected chi connectivity index (χ3v) is 4.86.